The average Bonchev–Trinajstić information content (AvgIpc) is 3.00. The van der Waals surface area contributed by atoms with Crippen LogP contribution in [0, 0.1) is 5.92 Å². The number of hydrogen-bond acceptors (Lipinski definition) is 3. The lowest BCUT2D eigenvalue weighted by Gasteiger charge is -2.17. The van der Waals surface area contributed by atoms with E-state index in [1.807, 2.05) is 12.5 Å². The van der Waals surface area contributed by atoms with E-state index in [4.69, 9.17) is 0 Å². The SMILES string of the molecule is CN1CCC(Cn2cncc2C2CCCN2)C1. The van der Waals surface area contributed by atoms with Crippen molar-refractivity contribution < 1.29 is 0 Å². The monoisotopic (exact) mass is 234 g/mol. The molecule has 4 heteroatoms. The molecule has 2 saturated heterocycles. The molecule has 0 aliphatic carbocycles. The third-order valence-electron chi connectivity index (χ3n) is 4.11. The third kappa shape index (κ3) is 2.38. The fourth-order valence-corrected chi connectivity index (χ4v) is 3.16. The molecule has 0 bridgehead atoms. The number of aromatic nitrogens is 2. The highest BCUT2D eigenvalue weighted by atomic mass is 15.1. The number of likely N-dealkylation sites (tertiary alicyclic amines) is 1. The minimum absolute atomic E-state index is 0.539. The van der Waals surface area contributed by atoms with Crippen molar-refractivity contribution in [2.45, 2.75) is 31.8 Å². The van der Waals surface area contributed by atoms with Gasteiger partial charge in [0, 0.05) is 25.3 Å². The molecule has 2 aliphatic heterocycles. The van der Waals surface area contributed by atoms with Gasteiger partial charge in [-0.25, -0.2) is 4.98 Å². The number of rotatable bonds is 3. The lowest BCUT2D eigenvalue weighted by molar-refractivity contribution is 0.373. The van der Waals surface area contributed by atoms with Gasteiger partial charge in [-0.05, 0) is 45.3 Å². The van der Waals surface area contributed by atoms with E-state index in [2.05, 4.69) is 26.8 Å². The molecule has 94 valence electrons. The smallest absolute Gasteiger partial charge is 0.0948 e. The molecule has 0 aromatic carbocycles. The lowest BCUT2D eigenvalue weighted by Crippen LogP contribution is -2.21. The summed E-state index contributed by atoms with van der Waals surface area (Å²) in [5.74, 6) is 0.800. The lowest BCUT2D eigenvalue weighted by atomic mass is 10.1. The fourth-order valence-electron chi connectivity index (χ4n) is 3.16. The largest absolute Gasteiger partial charge is 0.333 e. The molecule has 3 rings (SSSR count). The molecule has 0 spiro atoms. The Hall–Kier alpha value is -0.870. The molecule has 1 N–H and O–H groups in total. The van der Waals surface area contributed by atoms with Gasteiger partial charge in [0.2, 0.25) is 0 Å². The Kier molecular flexibility index (Phi) is 3.16. The summed E-state index contributed by atoms with van der Waals surface area (Å²) < 4.78 is 2.37. The van der Waals surface area contributed by atoms with Crippen LogP contribution in [0.1, 0.15) is 31.0 Å². The summed E-state index contributed by atoms with van der Waals surface area (Å²) in [7, 11) is 2.22. The molecule has 2 aliphatic rings. The molecule has 2 atom stereocenters. The molecule has 0 radical (unpaired) electrons. The van der Waals surface area contributed by atoms with Crippen LogP contribution in [0.2, 0.25) is 0 Å². The van der Waals surface area contributed by atoms with E-state index in [9.17, 15) is 0 Å². The Morgan fingerprint density at radius 2 is 2.41 bits per heavy atom. The van der Waals surface area contributed by atoms with Crippen molar-refractivity contribution in [1.29, 1.82) is 0 Å². The Labute approximate surface area is 103 Å². The molecule has 1 aromatic heterocycles. The van der Waals surface area contributed by atoms with Crippen molar-refractivity contribution >= 4 is 0 Å². The molecule has 0 saturated carbocycles. The van der Waals surface area contributed by atoms with Gasteiger partial charge in [0.25, 0.3) is 0 Å². The van der Waals surface area contributed by atoms with Gasteiger partial charge in [-0.15, -0.1) is 0 Å². The number of imidazole rings is 1. The molecular weight excluding hydrogens is 212 g/mol. The standard InChI is InChI=1S/C13H22N4/c1-16-6-4-11(8-16)9-17-10-14-7-13(17)12-3-2-5-15-12/h7,10-12,15H,2-6,8-9H2,1H3. The Morgan fingerprint density at radius 3 is 3.12 bits per heavy atom. The van der Waals surface area contributed by atoms with E-state index in [1.54, 1.807) is 0 Å². The minimum atomic E-state index is 0.539. The van der Waals surface area contributed by atoms with Gasteiger partial charge >= 0.3 is 0 Å². The summed E-state index contributed by atoms with van der Waals surface area (Å²) in [5, 5.41) is 3.56. The number of nitrogens with one attached hydrogen (secondary N) is 1. The molecule has 2 unspecified atom stereocenters. The van der Waals surface area contributed by atoms with E-state index in [0.717, 1.165) is 19.0 Å². The first kappa shape index (κ1) is 11.2. The summed E-state index contributed by atoms with van der Waals surface area (Å²) in [6.45, 7) is 4.77. The van der Waals surface area contributed by atoms with Crippen LogP contribution in [0.15, 0.2) is 12.5 Å². The quantitative estimate of drug-likeness (QED) is 0.854. The summed E-state index contributed by atoms with van der Waals surface area (Å²) in [6.07, 6.45) is 7.93. The summed E-state index contributed by atoms with van der Waals surface area (Å²) in [5.41, 5.74) is 1.39. The van der Waals surface area contributed by atoms with Crippen molar-refractivity contribution in [2.24, 2.45) is 5.92 Å². The van der Waals surface area contributed by atoms with Crippen LogP contribution >= 0.6 is 0 Å². The molecular formula is C13H22N4. The molecule has 4 nitrogen and oxygen atoms in total. The van der Waals surface area contributed by atoms with Crippen LogP contribution in [0.3, 0.4) is 0 Å². The van der Waals surface area contributed by atoms with E-state index in [0.29, 0.717) is 6.04 Å². The van der Waals surface area contributed by atoms with Gasteiger partial charge in [-0.2, -0.15) is 0 Å². The Bertz CT molecular complexity index is 367. The number of hydrogen-bond donors (Lipinski definition) is 1. The maximum absolute atomic E-state index is 4.34. The predicted molar refractivity (Wildman–Crippen MR) is 67.8 cm³/mol. The first-order valence-corrected chi connectivity index (χ1v) is 6.75. The van der Waals surface area contributed by atoms with Gasteiger partial charge in [0.15, 0.2) is 0 Å². The zero-order chi connectivity index (χ0) is 11.7. The van der Waals surface area contributed by atoms with Crippen molar-refractivity contribution in [2.75, 3.05) is 26.7 Å². The van der Waals surface area contributed by atoms with Gasteiger partial charge < -0.3 is 14.8 Å². The van der Waals surface area contributed by atoms with Gasteiger partial charge in [0.1, 0.15) is 0 Å². The summed E-state index contributed by atoms with van der Waals surface area (Å²) >= 11 is 0. The maximum Gasteiger partial charge on any atom is 0.0948 e. The Balaban J connectivity index is 1.68. The minimum Gasteiger partial charge on any atom is -0.333 e. The van der Waals surface area contributed by atoms with Crippen molar-refractivity contribution in [3.05, 3.63) is 18.2 Å². The van der Waals surface area contributed by atoms with E-state index >= 15 is 0 Å². The highest BCUT2D eigenvalue weighted by molar-refractivity contribution is 5.07. The second-order valence-electron chi connectivity index (χ2n) is 5.54. The van der Waals surface area contributed by atoms with Crippen LogP contribution in [0.5, 0.6) is 0 Å². The highest BCUT2D eigenvalue weighted by Gasteiger charge is 2.23. The molecule has 2 fully saturated rings. The van der Waals surface area contributed by atoms with Crippen LogP contribution in [-0.4, -0.2) is 41.1 Å². The second-order valence-corrected chi connectivity index (χ2v) is 5.54. The molecule has 3 heterocycles. The van der Waals surface area contributed by atoms with Gasteiger partial charge in [-0.3, -0.25) is 0 Å². The van der Waals surface area contributed by atoms with E-state index < -0.39 is 0 Å². The van der Waals surface area contributed by atoms with Crippen LogP contribution in [-0.2, 0) is 6.54 Å². The highest BCUT2D eigenvalue weighted by Crippen LogP contribution is 2.24. The average molecular weight is 234 g/mol. The first-order valence-electron chi connectivity index (χ1n) is 6.75. The zero-order valence-corrected chi connectivity index (χ0v) is 10.6. The summed E-state index contributed by atoms with van der Waals surface area (Å²) in [4.78, 5) is 6.76. The second kappa shape index (κ2) is 4.78. The van der Waals surface area contributed by atoms with Crippen LogP contribution < -0.4 is 5.32 Å². The van der Waals surface area contributed by atoms with Crippen molar-refractivity contribution in [3.63, 3.8) is 0 Å². The third-order valence-corrected chi connectivity index (χ3v) is 4.11. The van der Waals surface area contributed by atoms with Gasteiger partial charge in [-0.1, -0.05) is 0 Å². The maximum atomic E-state index is 4.34. The van der Waals surface area contributed by atoms with Gasteiger partial charge in [0.05, 0.1) is 12.0 Å². The molecule has 1 aromatic rings. The number of nitrogens with zero attached hydrogens (tertiary/aromatic N) is 3. The summed E-state index contributed by atoms with van der Waals surface area (Å²) in [6, 6.07) is 0.539. The molecule has 0 amide bonds. The Morgan fingerprint density at radius 1 is 1.47 bits per heavy atom. The molecule has 17 heavy (non-hydrogen) atoms. The van der Waals surface area contributed by atoms with Crippen molar-refractivity contribution in [3.8, 4) is 0 Å². The van der Waals surface area contributed by atoms with Crippen LogP contribution in [0.4, 0.5) is 0 Å². The van der Waals surface area contributed by atoms with Crippen LogP contribution in [0.25, 0.3) is 0 Å². The zero-order valence-electron chi connectivity index (χ0n) is 10.6. The van der Waals surface area contributed by atoms with Crippen molar-refractivity contribution in [1.82, 2.24) is 19.8 Å². The first-order chi connectivity index (χ1) is 8.33. The predicted octanol–water partition coefficient (Wildman–Crippen LogP) is 1.26. The van der Waals surface area contributed by atoms with E-state index in [1.165, 1.54) is 38.0 Å². The topological polar surface area (TPSA) is 33.1 Å². The van der Waals surface area contributed by atoms with E-state index in [-0.39, 0.29) is 0 Å². The normalized spacial score (nSPS) is 30.2. The fraction of sp³-hybridized carbons (Fsp3) is 0.769.